The molecule has 0 N–H and O–H groups in total. The molecule has 0 aliphatic carbocycles. The number of carbonyl (C=O) groups excluding carboxylic acids is 1. The van der Waals surface area contributed by atoms with Crippen molar-refractivity contribution in [2.24, 2.45) is 0 Å². The van der Waals surface area contributed by atoms with Crippen LogP contribution in [0.2, 0.25) is 0 Å². The lowest BCUT2D eigenvalue weighted by molar-refractivity contribution is 0.570. The average Bonchev–Trinajstić information content (AvgIpc) is 1.91. The van der Waals surface area contributed by atoms with E-state index in [0.29, 0.717) is 0 Å². The van der Waals surface area contributed by atoms with Crippen LogP contribution in [0.1, 0.15) is 0 Å². The topological polar surface area (TPSA) is 30.0 Å². The summed E-state index contributed by atoms with van der Waals surface area (Å²) >= 11 is 1.08. The molecule has 9 heavy (non-hydrogen) atoms. The van der Waals surface area contributed by atoms with Gasteiger partial charge in [0.2, 0.25) is 0 Å². The Labute approximate surface area is 57.3 Å². The van der Waals surface area contributed by atoms with Crippen LogP contribution in [0.25, 0.3) is 0 Å². The van der Waals surface area contributed by atoms with Crippen LogP contribution in [0.4, 0.5) is 0 Å². The maximum Gasteiger partial charge on any atom is 0.182 e. The molecular weight excluding hydrogens is 134 g/mol. The molecule has 46 valence electrons. The minimum atomic E-state index is 0.743. The number of hydrogen-bond acceptors (Lipinski definition) is 3. The molecule has 0 aliphatic rings. The van der Waals surface area contributed by atoms with E-state index in [-0.39, 0.29) is 0 Å². The van der Waals surface area contributed by atoms with E-state index >= 15 is 0 Å². The first kappa shape index (κ1) is 6.29. The molecule has 1 aromatic heterocycles. The van der Waals surface area contributed by atoms with Gasteiger partial charge in [0, 0.05) is 6.20 Å². The summed E-state index contributed by atoms with van der Waals surface area (Å²) in [5, 5.41) is 0.743. The third-order valence-electron chi connectivity index (χ3n) is 0.807. The predicted octanol–water partition coefficient (Wildman–Crippen LogP) is 1.36. The van der Waals surface area contributed by atoms with Gasteiger partial charge in [-0.25, -0.2) is 4.98 Å². The Morgan fingerprint density at radius 1 is 1.56 bits per heavy atom. The van der Waals surface area contributed by atoms with Crippen molar-refractivity contribution in [3.63, 3.8) is 0 Å². The Kier molecular flexibility index (Phi) is 2.27. The van der Waals surface area contributed by atoms with Gasteiger partial charge in [0.1, 0.15) is 5.03 Å². The molecule has 0 radical (unpaired) electrons. The van der Waals surface area contributed by atoms with E-state index < -0.39 is 0 Å². The van der Waals surface area contributed by atoms with Crippen LogP contribution in [0, 0.1) is 0 Å². The van der Waals surface area contributed by atoms with Gasteiger partial charge >= 0.3 is 0 Å². The van der Waals surface area contributed by atoms with Crippen LogP contribution in [0.3, 0.4) is 0 Å². The number of hydrogen-bond donors (Lipinski definition) is 0. The summed E-state index contributed by atoms with van der Waals surface area (Å²) < 4.78 is 0. The summed E-state index contributed by atoms with van der Waals surface area (Å²) in [6.07, 6.45) is 1.66. The molecule has 1 heterocycles. The summed E-state index contributed by atoms with van der Waals surface area (Å²) in [7, 11) is 0. The highest BCUT2D eigenvalue weighted by Gasteiger charge is 1.87. The monoisotopic (exact) mass is 139 g/mol. The van der Waals surface area contributed by atoms with Crippen LogP contribution in [-0.4, -0.2) is 10.6 Å². The highest BCUT2D eigenvalue weighted by molar-refractivity contribution is 8.11. The van der Waals surface area contributed by atoms with Gasteiger partial charge in [0.15, 0.2) is 5.62 Å². The highest BCUT2D eigenvalue weighted by atomic mass is 32.2. The van der Waals surface area contributed by atoms with E-state index in [0.717, 1.165) is 22.4 Å². The normalized spacial score (nSPS) is 8.89. The van der Waals surface area contributed by atoms with Gasteiger partial charge in [0.25, 0.3) is 0 Å². The zero-order valence-electron chi connectivity index (χ0n) is 4.65. The number of thioether (sulfide) groups is 1. The van der Waals surface area contributed by atoms with E-state index in [4.69, 9.17) is 0 Å². The number of rotatable bonds is 2. The molecule has 2 nitrogen and oxygen atoms in total. The van der Waals surface area contributed by atoms with Crippen molar-refractivity contribution in [1.82, 2.24) is 4.98 Å². The van der Waals surface area contributed by atoms with Crippen LogP contribution >= 0.6 is 11.8 Å². The van der Waals surface area contributed by atoms with Gasteiger partial charge < -0.3 is 0 Å². The fourth-order valence-corrected chi connectivity index (χ4v) is 0.844. The lowest BCUT2D eigenvalue weighted by Crippen LogP contribution is -1.74. The Morgan fingerprint density at radius 3 is 3.00 bits per heavy atom. The fraction of sp³-hybridized carbons (Fsp3) is 0. The second kappa shape index (κ2) is 3.25. The highest BCUT2D eigenvalue weighted by Crippen LogP contribution is 2.08. The minimum absolute atomic E-state index is 0.743. The van der Waals surface area contributed by atoms with Gasteiger partial charge in [-0.05, 0) is 23.9 Å². The standard InChI is InChI=1S/C6H5NOS/c8-5-9-6-3-1-2-4-7-6/h1-5H. The molecule has 0 saturated carbocycles. The molecular formula is C6H5NOS. The van der Waals surface area contributed by atoms with Crippen molar-refractivity contribution in [1.29, 1.82) is 0 Å². The van der Waals surface area contributed by atoms with E-state index in [9.17, 15) is 4.79 Å². The van der Waals surface area contributed by atoms with Crippen molar-refractivity contribution in [3.05, 3.63) is 24.4 Å². The second-order valence-corrected chi connectivity index (χ2v) is 2.23. The molecule has 0 spiro atoms. The quantitative estimate of drug-likeness (QED) is 0.457. The first-order valence-corrected chi connectivity index (χ1v) is 3.33. The lowest BCUT2D eigenvalue weighted by Gasteiger charge is -1.87. The summed E-state index contributed by atoms with van der Waals surface area (Å²) in [4.78, 5) is 13.8. The molecule has 0 saturated heterocycles. The minimum Gasteiger partial charge on any atom is -0.291 e. The summed E-state index contributed by atoms with van der Waals surface area (Å²) in [6.45, 7) is 0. The van der Waals surface area contributed by atoms with Gasteiger partial charge in [-0.3, -0.25) is 4.79 Å². The SMILES string of the molecule is O=CSc1ccccn1. The average molecular weight is 139 g/mol. The summed E-state index contributed by atoms with van der Waals surface area (Å²) in [5.74, 6) is 0. The zero-order chi connectivity index (χ0) is 6.53. The smallest absolute Gasteiger partial charge is 0.182 e. The van der Waals surface area contributed by atoms with Gasteiger partial charge in [0.05, 0.1) is 0 Å². The molecule has 0 unspecified atom stereocenters. The van der Waals surface area contributed by atoms with Crippen molar-refractivity contribution in [3.8, 4) is 0 Å². The van der Waals surface area contributed by atoms with Crippen LogP contribution < -0.4 is 0 Å². The zero-order valence-corrected chi connectivity index (χ0v) is 5.47. The molecule has 0 bridgehead atoms. The van der Waals surface area contributed by atoms with Crippen LogP contribution in [0.15, 0.2) is 29.4 Å². The Morgan fingerprint density at radius 2 is 2.44 bits per heavy atom. The van der Waals surface area contributed by atoms with E-state index in [1.807, 2.05) is 12.1 Å². The predicted molar refractivity (Wildman–Crippen MR) is 36.8 cm³/mol. The summed E-state index contributed by atoms with van der Waals surface area (Å²) in [6, 6.07) is 5.45. The second-order valence-electron chi connectivity index (χ2n) is 1.38. The van der Waals surface area contributed by atoms with Crippen molar-refractivity contribution >= 4 is 17.4 Å². The van der Waals surface area contributed by atoms with Gasteiger partial charge in [-0.15, -0.1) is 0 Å². The number of nitrogens with zero attached hydrogens (tertiary/aromatic N) is 1. The maximum absolute atomic E-state index is 9.90. The maximum atomic E-state index is 9.90. The van der Waals surface area contributed by atoms with Gasteiger partial charge in [-0.2, -0.15) is 0 Å². The first-order chi connectivity index (χ1) is 4.43. The number of aromatic nitrogens is 1. The third kappa shape index (κ3) is 1.85. The Balaban J connectivity index is 2.72. The molecule has 3 heteroatoms. The Hall–Kier alpha value is -0.830. The lowest BCUT2D eigenvalue weighted by atomic mass is 10.5. The fourth-order valence-electron chi connectivity index (χ4n) is 0.466. The third-order valence-corrected chi connectivity index (χ3v) is 1.39. The van der Waals surface area contributed by atoms with Gasteiger partial charge in [-0.1, -0.05) is 6.07 Å². The largest absolute Gasteiger partial charge is 0.291 e. The molecule has 0 fully saturated rings. The molecule has 0 atom stereocenters. The molecule has 0 aliphatic heterocycles. The van der Waals surface area contributed by atoms with Crippen molar-refractivity contribution in [2.45, 2.75) is 5.03 Å². The van der Waals surface area contributed by atoms with Crippen molar-refractivity contribution < 1.29 is 4.79 Å². The Bertz CT molecular complexity index is 188. The summed E-state index contributed by atoms with van der Waals surface area (Å²) in [5.41, 5.74) is 0.766. The van der Waals surface area contributed by atoms with E-state index in [1.165, 1.54) is 0 Å². The van der Waals surface area contributed by atoms with E-state index in [2.05, 4.69) is 4.98 Å². The number of carbonyl (C=O) groups is 1. The molecule has 1 aromatic rings. The van der Waals surface area contributed by atoms with Crippen molar-refractivity contribution in [2.75, 3.05) is 0 Å². The molecule has 0 aromatic carbocycles. The van der Waals surface area contributed by atoms with Crippen LogP contribution in [-0.2, 0) is 4.79 Å². The molecule has 1 rings (SSSR count). The van der Waals surface area contributed by atoms with Crippen LogP contribution in [0.5, 0.6) is 0 Å². The molecule has 0 amide bonds. The van der Waals surface area contributed by atoms with E-state index in [1.54, 1.807) is 12.3 Å². The number of pyridine rings is 1. The first-order valence-electron chi connectivity index (χ1n) is 2.45.